The van der Waals surface area contributed by atoms with Crippen LogP contribution in [0.25, 0.3) is 0 Å². The first-order chi connectivity index (χ1) is 19.4. The second-order valence-electron chi connectivity index (χ2n) is 9.07. The summed E-state index contributed by atoms with van der Waals surface area (Å²) in [6.45, 7) is 2.77. The Bertz CT molecular complexity index is 1420. The summed E-state index contributed by atoms with van der Waals surface area (Å²) in [7, 11) is 0. The van der Waals surface area contributed by atoms with E-state index in [0.717, 1.165) is 40.7 Å². The van der Waals surface area contributed by atoms with Crippen molar-refractivity contribution in [3.05, 3.63) is 69.2 Å². The van der Waals surface area contributed by atoms with Crippen molar-refractivity contribution in [2.24, 2.45) is 11.5 Å². The normalized spacial score (nSPS) is 11.8. The molecule has 0 saturated heterocycles. The number of aromatic nitrogens is 6. The van der Waals surface area contributed by atoms with Crippen LogP contribution in [0.1, 0.15) is 64.9 Å². The number of amides is 2. The van der Waals surface area contributed by atoms with Crippen LogP contribution in [-0.4, -0.2) is 42.2 Å². The lowest BCUT2D eigenvalue weighted by Gasteiger charge is -2.11. The number of nitrogens with one attached hydrogen (secondary N) is 2. The van der Waals surface area contributed by atoms with E-state index in [2.05, 4.69) is 47.9 Å². The molecular formula is C26H32N10O2S2. The van der Waals surface area contributed by atoms with Gasteiger partial charge in [0.15, 0.2) is 0 Å². The predicted octanol–water partition coefficient (Wildman–Crippen LogP) is 2.98. The van der Waals surface area contributed by atoms with Gasteiger partial charge >= 0.3 is 0 Å². The number of carbonyl (C=O) groups is 2. The van der Waals surface area contributed by atoms with E-state index in [-0.39, 0.29) is 30.6 Å². The lowest BCUT2D eigenvalue weighted by Crippen LogP contribution is -2.15. The molecule has 14 heteroatoms. The molecule has 0 saturated carbocycles. The third-order valence-electron chi connectivity index (χ3n) is 5.92. The van der Waals surface area contributed by atoms with Gasteiger partial charge in [0.1, 0.15) is 10.0 Å². The molecule has 12 nitrogen and oxygen atoms in total. The van der Waals surface area contributed by atoms with E-state index in [1.54, 1.807) is 12.1 Å². The van der Waals surface area contributed by atoms with Gasteiger partial charge in [0, 0.05) is 25.4 Å². The summed E-state index contributed by atoms with van der Waals surface area (Å²) in [6, 6.07) is 10.9. The van der Waals surface area contributed by atoms with Crippen molar-refractivity contribution in [2.75, 3.05) is 10.6 Å². The van der Waals surface area contributed by atoms with Crippen LogP contribution in [-0.2, 0) is 41.9 Å². The van der Waals surface area contributed by atoms with Crippen molar-refractivity contribution in [3.8, 4) is 0 Å². The molecule has 2 amide bonds. The van der Waals surface area contributed by atoms with Crippen LogP contribution in [0.15, 0.2) is 36.4 Å². The average Bonchev–Trinajstić information content (AvgIpc) is 3.60. The molecule has 40 heavy (non-hydrogen) atoms. The summed E-state index contributed by atoms with van der Waals surface area (Å²) in [5.41, 5.74) is 14.0. The van der Waals surface area contributed by atoms with Crippen LogP contribution in [0.5, 0.6) is 0 Å². The molecule has 0 spiro atoms. The number of rotatable bonds is 14. The maximum absolute atomic E-state index is 12.5. The molecule has 4 aromatic heterocycles. The van der Waals surface area contributed by atoms with Gasteiger partial charge in [0.25, 0.3) is 0 Å². The first kappa shape index (κ1) is 29.3. The molecule has 4 heterocycles. The van der Waals surface area contributed by atoms with Gasteiger partial charge in [-0.1, -0.05) is 48.2 Å². The highest BCUT2D eigenvalue weighted by molar-refractivity contribution is 7.15. The van der Waals surface area contributed by atoms with Gasteiger partial charge in [0.05, 0.1) is 35.6 Å². The highest BCUT2D eigenvalue weighted by Gasteiger charge is 2.19. The van der Waals surface area contributed by atoms with E-state index in [1.165, 1.54) is 22.7 Å². The second kappa shape index (κ2) is 14.6. The van der Waals surface area contributed by atoms with Crippen molar-refractivity contribution in [1.82, 2.24) is 30.4 Å². The molecule has 1 atom stereocenters. The van der Waals surface area contributed by atoms with E-state index in [0.29, 0.717) is 41.2 Å². The first-order valence-electron chi connectivity index (χ1n) is 13.0. The molecule has 0 bridgehead atoms. The van der Waals surface area contributed by atoms with Crippen molar-refractivity contribution in [3.63, 3.8) is 0 Å². The Balaban J connectivity index is 1.29. The largest absolute Gasteiger partial charge is 0.325 e. The van der Waals surface area contributed by atoms with E-state index < -0.39 is 0 Å². The van der Waals surface area contributed by atoms with Crippen LogP contribution in [0.4, 0.5) is 10.3 Å². The fraction of sp³-hybridized carbons (Fsp3) is 0.385. The molecule has 4 rings (SSSR count). The summed E-state index contributed by atoms with van der Waals surface area (Å²) < 4.78 is 0. The lowest BCUT2D eigenvalue weighted by molar-refractivity contribution is -0.116. The standard InChI is InChI=1S/C26H32N10O2S2/c1-2-5-16(24-34-36-26(40-24)32-22(38)13-18-7-4-9-20(15-28)30-18)10-11-23-33-35-25(39-23)31-21(37)12-17-6-3-8-19(14-27)29-17/h3-4,6-9,16H,2,5,10-15,27-28H2,1H3,(H,31,35,37)(H,32,36,38)/t16-/m0/s1. The Morgan fingerprint density at radius 1 is 0.775 bits per heavy atom. The Morgan fingerprint density at radius 3 is 1.90 bits per heavy atom. The number of hydrogen-bond donors (Lipinski definition) is 4. The molecule has 0 radical (unpaired) electrons. The third-order valence-corrected chi connectivity index (χ3v) is 7.82. The Labute approximate surface area is 240 Å². The summed E-state index contributed by atoms with van der Waals surface area (Å²) in [5, 5.41) is 25.1. The predicted molar refractivity (Wildman–Crippen MR) is 155 cm³/mol. The minimum Gasteiger partial charge on any atom is -0.325 e. The average molecular weight is 581 g/mol. The second-order valence-corrected chi connectivity index (χ2v) is 11.1. The topological polar surface area (TPSA) is 188 Å². The lowest BCUT2D eigenvalue weighted by atomic mass is 9.99. The molecule has 0 aliphatic heterocycles. The number of aryl methyl sites for hydroxylation is 1. The fourth-order valence-corrected chi connectivity index (χ4v) is 5.73. The van der Waals surface area contributed by atoms with Crippen LogP contribution in [0.3, 0.4) is 0 Å². The Kier molecular flexibility index (Phi) is 10.7. The molecule has 0 aliphatic carbocycles. The molecule has 4 aromatic rings. The summed E-state index contributed by atoms with van der Waals surface area (Å²) in [4.78, 5) is 33.7. The molecule has 210 valence electrons. The van der Waals surface area contributed by atoms with Crippen LogP contribution < -0.4 is 22.1 Å². The number of pyridine rings is 2. The molecule has 0 fully saturated rings. The van der Waals surface area contributed by atoms with E-state index in [9.17, 15) is 9.59 Å². The van der Waals surface area contributed by atoms with Gasteiger partial charge in [0.2, 0.25) is 22.1 Å². The van der Waals surface area contributed by atoms with Gasteiger partial charge in [-0.2, -0.15) is 0 Å². The van der Waals surface area contributed by atoms with Crippen molar-refractivity contribution >= 4 is 44.8 Å². The summed E-state index contributed by atoms with van der Waals surface area (Å²) >= 11 is 2.74. The van der Waals surface area contributed by atoms with Gasteiger partial charge in [-0.15, -0.1) is 20.4 Å². The van der Waals surface area contributed by atoms with Crippen molar-refractivity contribution < 1.29 is 9.59 Å². The minimum atomic E-state index is -0.209. The number of nitrogens with zero attached hydrogens (tertiary/aromatic N) is 6. The van der Waals surface area contributed by atoms with Crippen LogP contribution in [0, 0.1) is 0 Å². The van der Waals surface area contributed by atoms with Crippen LogP contribution in [0.2, 0.25) is 0 Å². The highest BCUT2D eigenvalue weighted by Crippen LogP contribution is 2.31. The quantitative estimate of drug-likeness (QED) is 0.173. The van der Waals surface area contributed by atoms with E-state index in [4.69, 9.17) is 11.5 Å². The zero-order valence-electron chi connectivity index (χ0n) is 22.2. The maximum atomic E-state index is 12.5. The van der Waals surface area contributed by atoms with Gasteiger partial charge in [-0.25, -0.2) is 0 Å². The Morgan fingerprint density at radius 2 is 1.32 bits per heavy atom. The van der Waals surface area contributed by atoms with Crippen LogP contribution >= 0.6 is 22.7 Å². The number of nitrogens with two attached hydrogens (primary N) is 2. The van der Waals surface area contributed by atoms with Gasteiger partial charge in [-0.3, -0.25) is 19.6 Å². The molecular weight excluding hydrogens is 548 g/mol. The molecule has 0 aliphatic rings. The Hall–Kier alpha value is -3.72. The first-order valence-corrected chi connectivity index (χ1v) is 14.6. The third kappa shape index (κ3) is 8.64. The number of anilines is 2. The molecule has 6 N–H and O–H groups in total. The number of hydrogen-bond acceptors (Lipinski definition) is 12. The molecule has 0 aromatic carbocycles. The zero-order chi connectivity index (χ0) is 28.3. The van der Waals surface area contributed by atoms with Gasteiger partial charge < -0.3 is 22.1 Å². The minimum absolute atomic E-state index is 0.133. The maximum Gasteiger partial charge on any atom is 0.232 e. The summed E-state index contributed by atoms with van der Waals surface area (Å²) in [5.74, 6) is -0.249. The fourth-order valence-electron chi connectivity index (χ4n) is 4.03. The highest BCUT2D eigenvalue weighted by atomic mass is 32.1. The smallest absolute Gasteiger partial charge is 0.232 e. The van der Waals surface area contributed by atoms with E-state index in [1.807, 2.05) is 24.3 Å². The number of carbonyl (C=O) groups excluding carboxylic acids is 2. The monoisotopic (exact) mass is 580 g/mol. The SMILES string of the molecule is CCC[C@@H](CCc1nnc(NC(=O)Cc2cccc(CN)n2)s1)c1nnc(NC(=O)Cc2cccc(CN)n2)s1. The zero-order valence-corrected chi connectivity index (χ0v) is 23.8. The summed E-state index contributed by atoms with van der Waals surface area (Å²) in [6.07, 6.45) is 3.65. The van der Waals surface area contributed by atoms with Crippen molar-refractivity contribution in [2.45, 2.75) is 64.5 Å². The van der Waals surface area contributed by atoms with Crippen molar-refractivity contribution in [1.29, 1.82) is 0 Å². The molecule has 0 unspecified atom stereocenters. The van der Waals surface area contributed by atoms with E-state index >= 15 is 0 Å². The van der Waals surface area contributed by atoms with Gasteiger partial charge in [-0.05, 0) is 37.1 Å².